The molecule has 2 amide bonds. The van der Waals surface area contributed by atoms with Crippen molar-refractivity contribution in [2.24, 2.45) is 5.10 Å². The number of amides is 2. The molecule has 1 aromatic heterocycles. The minimum atomic E-state index is -0.551. The van der Waals surface area contributed by atoms with Crippen LogP contribution in [0.1, 0.15) is 34.9 Å². The maximum absolute atomic E-state index is 12.4. The molecule has 0 unspecified atom stereocenters. The molecule has 3 aromatic rings. The van der Waals surface area contributed by atoms with Crippen molar-refractivity contribution >= 4 is 39.6 Å². The van der Waals surface area contributed by atoms with Crippen molar-refractivity contribution in [1.29, 1.82) is 5.26 Å². The molecule has 2 N–H and O–H groups in total. The number of benzene rings is 2. The van der Waals surface area contributed by atoms with Gasteiger partial charge in [0.1, 0.15) is 11.6 Å². The quantitative estimate of drug-likeness (QED) is 0.210. The summed E-state index contributed by atoms with van der Waals surface area (Å²) >= 11 is 3.41. The predicted octanol–water partition coefficient (Wildman–Crippen LogP) is 4.42. The van der Waals surface area contributed by atoms with Crippen LogP contribution in [0.5, 0.6) is 17.4 Å². The van der Waals surface area contributed by atoms with E-state index in [1.807, 2.05) is 38.1 Å². The number of halogens is 1. The van der Waals surface area contributed by atoms with Crippen LogP contribution in [0.15, 0.2) is 52.0 Å². The van der Waals surface area contributed by atoms with Gasteiger partial charge in [-0.1, -0.05) is 18.2 Å². The summed E-state index contributed by atoms with van der Waals surface area (Å²) in [5.41, 5.74) is 6.01. The van der Waals surface area contributed by atoms with Crippen LogP contribution in [0.3, 0.4) is 0 Å². The van der Waals surface area contributed by atoms with Crippen molar-refractivity contribution in [3.8, 4) is 23.4 Å². The van der Waals surface area contributed by atoms with E-state index in [4.69, 9.17) is 18.9 Å². The topological polar surface area (TPSA) is 144 Å². The van der Waals surface area contributed by atoms with Crippen LogP contribution in [0.25, 0.3) is 0 Å². The Morgan fingerprint density at radius 1 is 1.07 bits per heavy atom. The number of hydrazone groups is 1. The number of carbonyl (C=O) groups is 2. The van der Waals surface area contributed by atoms with Crippen LogP contribution >= 0.6 is 15.9 Å². The molecule has 12 heteroatoms. The Morgan fingerprint density at radius 3 is 2.54 bits per heavy atom. The third-order valence-corrected chi connectivity index (χ3v) is 6.61. The highest BCUT2D eigenvalue weighted by atomic mass is 79.9. The van der Waals surface area contributed by atoms with E-state index in [1.54, 1.807) is 25.1 Å². The molecule has 0 saturated carbocycles. The van der Waals surface area contributed by atoms with E-state index >= 15 is 0 Å². The molecule has 3 rings (SSSR count). The molecular weight excluding hydrogens is 594 g/mol. The molecule has 11 nitrogen and oxygen atoms in total. The van der Waals surface area contributed by atoms with Crippen LogP contribution in [-0.4, -0.2) is 49.9 Å². The number of nitriles is 1. The Balaban J connectivity index is 1.58. The molecule has 0 aliphatic heterocycles. The van der Waals surface area contributed by atoms with E-state index in [0.29, 0.717) is 39.4 Å². The number of methoxy groups -OCH3 is 1. The Bertz CT molecular complexity index is 1470. The molecule has 0 spiro atoms. The van der Waals surface area contributed by atoms with Gasteiger partial charge >= 0.3 is 0 Å². The van der Waals surface area contributed by atoms with Gasteiger partial charge in [0.2, 0.25) is 5.88 Å². The van der Waals surface area contributed by atoms with Crippen molar-refractivity contribution in [3.63, 3.8) is 0 Å². The standard InChI is InChI=1S/C29H30BrN5O6/c1-5-39-25-12-20(10-11-24(25)40-16-26(36)34-23-9-7-6-8-18(23)2)14-32-35-27(37)17-41-29-21(13-31)22(15-38-4)28(30)19(3)33-29/h6-12,14H,5,15-17H2,1-4H3,(H,34,36)(H,35,37)/b32-14+. The average Bonchev–Trinajstić information content (AvgIpc) is 2.95. The lowest BCUT2D eigenvalue weighted by atomic mass is 10.1. The van der Waals surface area contributed by atoms with E-state index in [1.165, 1.54) is 13.3 Å². The van der Waals surface area contributed by atoms with Crippen molar-refractivity contribution < 1.29 is 28.5 Å². The van der Waals surface area contributed by atoms with Gasteiger partial charge in [0.25, 0.3) is 11.8 Å². The van der Waals surface area contributed by atoms with Gasteiger partial charge in [0.05, 0.1) is 25.1 Å². The Labute approximate surface area is 246 Å². The highest BCUT2D eigenvalue weighted by Gasteiger charge is 2.18. The van der Waals surface area contributed by atoms with Crippen molar-refractivity contribution in [2.75, 3.05) is 32.2 Å². The average molecular weight is 624 g/mol. The normalized spacial score (nSPS) is 10.6. The minimum Gasteiger partial charge on any atom is -0.490 e. The monoisotopic (exact) mass is 623 g/mol. The van der Waals surface area contributed by atoms with E-state index in [-0.39, 0.29) is 30.6 Å². The fraction of sp³-hybridized carbons (Fsp3) is 0.276. The molecular formula is C29H30BrN5O6. The number of nitrogens with zero attached hydrogens (tertiary/aromatic N) is 3. The number of aromatic nitrogens is 1. The van der Waals surface area contributed by atoms with Crippen molar-refractivity contribution in [1.82, 2.24) is 10.4 Å². The van der Waals surface area contributed by atoms with E-state index in [0.717, 1.165) is 11.3 Å². The molecule has 0 fully saturated rings. The summed E-state index contributed by atoms with van der Waals surface area (Å²) in [5.74, 6) is -0.0147. The maximum atomic E-state index is 12.4. The van der Waals surface area contributed by atoms with Crippen LogP contribution < -0.4 is 25.0 Å². The zero-order valence-corrected chi connectivity index (χ0v) is 24.7. The first-order valence-corrected chi connectivity index (χ1v) is 13.3. The summed E-state index contributed by atoms with van der Waals surface area (Å²) in [7, 11) is 1.51. The molecule has 0 aliphatic rings. The number of pyridine rings is 1. The van der Waals surface area contributed by atoms with Gasteiger partial charge in [-0.3, -0.25) is 9.59 Å². The third-order valence-electron chi connectivity index (χ3n) is 5.56. The predicted molar refractivity (Wildman–Crippen MR) is 156 cm³/mol. The minimum absolute atomic E-state index is 0.0314. The number of carbonyl (C=O) groups excluding carboxylic acids is 2. The summed E-state index contributed by atoms with van der Waals surface area (Å²) in [6, 6.07) is 14.5. The largest absolute Gasteiger partial charge is 0.490 e. The molecule has 0 atom stereocenters. The number of aryl methyl sites for hydroxylation is 2. The second-order valence-corrected chi connectivity index (χ2v) is 9.38. The summed E-state index contributed by atoms with van der Waals surface area (Å²) in [4.78, 5) is 28.9. The molecule has 41 heavy (non-hydrogen) atoms. The molecule has 0 saturated heterocycles. The fourth-order valence-electron chi connectivity index (χ4n) is 3.59. The molecule has 2 aromatic carbocycles. The second kappa shape index (κ2) is 15.4. The number of rotatable bonds is 13. The van der Waals surface area contributed by atoms with Gasteiger partial charge < -0.3 is 24.3 Å². The van der Waals surface area contributed by atoms with E-state index in [9.17, 15) is 14.9 Å². The zero-order valence-electron chi connectivity index (χ0n) is 23.1. The molecule has 0 radical (unpaired) electrons. The Hall–Kier alpha value is -4.47. The third kappa shape index (κ3) is 8.76. The van der Waals surface area contributed by atoms with Crippen LogP contribution in [0, 0.1) is 25.2 Å². The Kier molecular flexibility index (Phi) is 11.6. The SMILES string of the molecule is CCOc1cc(/C=N/NC(=O)COc2nc(C)c(Br)c(COC)c2C#N)ccc1OCC(=O)Nc1ccccc1C. The van der Waals surface area contributed by atoms with Crippen molar-refractivity contribution in [2.45, 2.75) is 27.4 Å². The number of anilines is 1. The second-order valence-electron chi connectivity index (χ2n) is 8.59. The van der Waals surface area contributed by atoms with Gasteiger partial charge in [-0.15, -0.1) is 0 Å². The van der Waals surface area contributed by atoms with Gasteiger partial charge in [-0.2, -0.15) is 10.4 Å². The lowest BCUT2D eigenvalue weighted by Crippen LogP contribution is -2.25. The van der Waals surface area contributed by atoms with Gasteiger partial charge in [-0.25, -0.2) is 10.4 Å². The highest BCUT2D eigenvalue weighted by Crippen LogP contribution is 2.30. The van der Waals surface area contributed by atoms with Crippen LogP contribution in [-0.2, 0) is 20.9 Å². The van der Waals surface area contributed by atoms with Gasteiger partial charge in [0, 0.05) is 22.8 Å². The first kappa shape index (κ1) is 31.1. The van der Waals surface area contributed by atoms with Gasteiger partial charge in [-0.05, 0) is 72.1 Å². The molecule has 214 valence electrons. The van der Waals surface area contributed by atoms with E-state index < -0.39 is 12.5 Å². The summed E-state index contributed by atoms with van der Waals surface area (Å²) < 4.78 is 22.7. The lowest BCUT2D eigenvalue weighted by molar-refractivity contribution is -0.123. The molecule has 0 bridgehead atoms. The van der Waals surface area contributed by atoms with Gasteiger partial charge in [0.15, 0.2) is 24.7 Å². The first-order valence-electron chi connectivity index (χ1n) is 12.5. The van der Waals surface area contributed by atoms with Crippen LogP contribution in [0.2, 0.25) is 0 Å². The number of hydrogen-bond donors (Lipinski definition) is 2. The zero-order chi connectivity index (χ0) is 29.8. The van der Waals surface area contributed by atoms with Crippen molar-refractivity contribution in [3.05, 3.63) is 74.9 Å². The summed E-state index contributed by atoms with van der Waals surface area (Å²) in [5, 5.41) is 16.4. The number of ether oxygens (including phenoxy) is 4. The maximum Gasteiger partial charge on any atom is 0.278 e. The Morgan fingerprint density at radius 2 is 1.83 bits per heavy atom. The summed E-state index contributed by atoms with van der Waals surface area (Å²) in [6.45, 7) is 5.42. The summed E-state index contributed by atoms with van der Waals surface area (Å²) in [6.07, 6.45) is 1.43. The molecule has 0 aliphatic carbocycles. The molecule has 1 heterocycles. The highest BCUT2D eigenvalue weighted by molar-refractivity contribution is 9.10. The van der Waals surface area contributed by atoms with Crippen LogP contribution in [0.4, 0.5) is 5.69 Å². The smallest absolute Gasteiger partial charge is 0.278 e. The number of hydrogen-bond acceptors (Lipinski definition) is 9. The lowest BCUT2D eigenvalue weighted by Gasteiger charge is -2.13. The van der Waals surface area contributed by atoms with E-state index in [2.05, 4.69) is 42.8 Å². The first-order chi connectivity index (χ1) is 19.8. The number of nitrogens with one attached hydrogen (secondary N) is 2. The fourth-order valence-corrected chi connectivity index (χ4v) is 4.00. The number of para-hydroxylation sites is 1.